The summed E-state index contributed by atoms with van der Waals surface area (Å²) in [7, 11) is 1.45. The molecule has 3 rings (SSSR count). The Kier molecular flexibility index (Phi) is 9.34. The molecule has 0 bridgehead atoms. The summed E-state index contributed by atoms with van der Waals surface area (Å²) in [4.78, 5) is 24.4. The summed E-state index contributed by atoms with van der Waals surface area (Å²) in [6.45, 7) is 2.12. The Bertz CT molecular complexity index is 1220. The second-order valence-corrected chi connectivity index (χ2v) is 7.76. The molecule has 0 heterocycles. The first-order chi connectivity index (χ1) is 16.9. The number of carbonyl (C=O) groups excluding carboxylic acids is 2. The zero-order valence-electron chi connectivity index (χ0n) is 18.9. The molecule has 3 aromatic rings. The van der Waals surface area contributed by atoms with Gasteiger partial charge in [0.15, 0.2) is 18.1 Å². The number of hydrogen-bond donors (Lipinski definition) is 1. The third-order valence-electron chi connectivity index (χ3n) is 4.45. The number of rotatable bonds is 10. The first-order valence-electron chi connectivity index (χ1n) is 10.4. The van der Waals surface area contributed by atoms with Gasteiger partial charge in [0.05, 0.1) is 30.5 Å². The van der Waals surface area contributed by atoms with Crippen LogP contribution in [0.2, 0.25) is 10.0 Å². The van der Waals surface area contributed by atoms with Crippen LogP contribution < -0.4 is 24.4 Å². The number of nitrogens with zero attached hydrogens (tertiary/aromatic N) is 1. The van der Waals surface area contributed by atoms with Gasteiger partial charge in [0.2, 0.25) is 0 Å². The van der Waals surface area contributed by atoms with Crippen LogP contribution in [0.25, 0.3) is 0 Å². The maximum absolute atomic E-state index is 12.5. The first kappa shape index (κ1) is 25.9. The van der Waals surface area contributed by atoms with Crippen molar-refractivity contribution < 1.29 is 28.5 Å². The lowest BCUT2D eigenvalue weighted by Gasteiger charge is -2.10. The van der Waals surface area contributed by atoms with E-state index in [1.165, 1.54) is 19.4 Å². The molecule has 0 fully saturated rings. The van der Waals surface area contributed by atoms with E-state index in [9.17, 15) is 9.59 Å². The summed E-state index contributed by atoms with van der Waals surface area (Å²) in [5, 5.41) is 4.65. The first-order valence-corrected chi connectivity index (χ1v) is 11.2. The van der Waals surface area contributed by atoms with Gasteiger partial charge in [0.1, 0.15) is 11.5 Å². The number of nitrogens with one attached hydrogen (secondary N) is 1. The lowest BCUT2D eigenvalue weighted by atomic mass is 10.2. The molecule has 0 aromatic heterocycles. The number of hydrazone groups is 1. The fourth-order valence-electron chi connectivity index (χ4n) is 2.81. The van der Waals surface area contributed by atoms with Crippen molar-refractivity contribution in [3.63, 3.8) is 0 Å². The fraction of sp³-hybridized carbons (Fsp3) is 0.160. The van der Waals surface area contributed by atoms with E-state index >= 15 is 0 Å². The van der Waals surface area contributed by atoms with Crippen LogP contribution in [0.5, 0.6) is 23.0 Å². The third-order valence-corrected chi connectivity index (χ3v) is 4.98. The van der Waals surface area contributed by atoms with E-state index in [0.29, 0.717) is 45.0 Å². The highest BCUT2D eigenvalue weighted by Gasteiger charge is 2.13. The smallest absolute Gasteiger partial charge is 0.343 e. The summed E-state index contributed by atoms with van der Waals surface area (Å²) in [6.07, 6.45) is 1.41. The summed E-state index contributed by atoms with van der Waals surface area (Å²) < 4.78 is 21.5. The highest BCUT2D eigenvalue weighted by Crippen LogP contribution is 2.29. The molecule has 0 aliphatic carbocycles. The zero-order chi connectivity index (χ0) is 25.2. The Labute approximate surface area is 212 Å². The van der Waals surface area contributed by atoms with Gasteiger partial charge in [-0.2, -0.15) is 5.10 Å². The SMILES string of the molecule is CCOc1ccc(C(=O)Oc2ccc(/C=N/NC(=O)COc3ccc(Cl)cc3Cl)cc2OC)cc1. The maximum atomic E-state index is 12.5. The number of benzene rings is 3. The summed E-state index contributed by atoms with van der Waals surface area (Å²) in [6, 6.07) is 16.1. The lowest BCUT2D eigenvalue weighted by Crippen LogP contribution is -2.24. The molecule has 35 heavy (non-hydrogen) atoms. The number of amides is 1. The van der Waals surface area contributed by atoms with E-state index in [-0.39, 0.29) is 12.4 Å². The van der Waals surface area contributed by atoms with Crippen molar-refractivity contribution in [2.75, 3.05) is 20.3 Å². The number of hydrogen-bond acceptors (Lipinski definition) is 7. The minimum Gasteiger partial charge on any atom is -0.494 e. The number of carbonyl (C=O) groups is 2. The second kappa shape index (κ2) is 12.6. The lowest BCUT2D eigenvalue weighted by molar-refractivity contribution is -0.123. The Morgan fingerprint density at radius 3 is 2.37 bits per heavy atom. The van der Waals surface area contributed by atoms with Gasteiger partial charge in [-0.25, -0.2) is 10.2 Å². The number of methoxy groups -OCH3 is 1. The van der Waals surface area contributed by atoms with E-state index in [1.807, 2.05) is 6.92 Å². The minimum absolute atomic E-state index is 0.237. The van der Waals surface area contributed by atoms with Crippen LogP contribution in [-0.4, -0.2) is 38.4 Å². The number of halogens is 2. The predicted octanol–water partition coefficient (Wildman–Crippen LogP) is 5.15. The van der Waals surface area contributed by atoms with Crippen LogP contribution >= 0.6 is 23.2 Å². The van der Waals surface area contributed by atoms with Gasteiger partial charge in [0, 0.05) is 5.02 Å². The van der Waals surface area contributed by atoms with Crippen LogP contribution in [0.3, 0.4) is 0 Å². The fourth-order valence-corrected chi connectivity index (χ4v) is 3.27. The van der Waals surface area contributed by atoms with Gasteiger partial charge in [-0.3, -0.25) is 4.79 Å². The van der Waals surface area contributed by atoms with Gasteiger partial charge in [-0.1, -0.05) is 23.2 Å². The molecule has 0 radical (unpaired) electrons. The predicted molar refractivity (Wildman–Crippen MR) is 133 cm³/mol. The van der Waals surface area contributed by atoms with Gasteiger partial charge in [-0.15, -0.1) is 0 Å². The second-order valence-electron chi connectivity index (χ2n) is 6.91. The van der Waals surface area contributed by atoms with Crippen LogP contribution in [0.4, 0.5) is 0 Å². The molecular formula is C25H22Cl2N2O6. The standard InChI is InChI=1S/C25H22Cl2N2O6/c1-3-33-19-8-5-17(6-9-19)25(31)35-22-10-4-16(12-23(22)32-2)14-28-29-24(30)15-34-21-11-7-18(26)13-20(21)27/h4-14H,3,15H2,1-2H3,(H,29,30)/b28-14+. The van der Waals surface area contributed by atoms with Gasteiger partial charge >= 0.3 is 5.97 Å². The van der Waals surface area contributed by atoms with E-state index in [2.05, 4.69) is 10.5 Å². The molecule has 1 amide bonds. The van der Waals surface area contributed by atoms with Crippen molar-refractivity contribution in [2.45, 2.75) is 6.92 Å². The molecule has 0 saturated carbocycles. The molecule has 0 aliphatic heterocycles. The Hall–Kier alpha value is -3.75. The van der Waals surface area contributed by atoms with Crippen molar-refractivity contribution >= 4 is 41.3 Å². The molecule has 8 nitrogen and oxygen atoms in total. The number of ether oxygens (including phenoxy) is 4. The molecule has 1 N–H and O–H groups in total. The van der Waals surface area contributed by atoms with Crippen LogP contribution in [-0.2, 0) is 4.79 Å². The van der Waals surface area contributed by atoms with Crippen molar-refractivity contribution in [3.8, 4) is 23.0 Å². The Morgan fingerprint density at radius 1 is 0.943 bits per heavy atom. The van der Waals surface area contributed by atoms with Crippen molar-refractivity contribution in [1.82, 2.24) is 5.43 Å². The quantitative estimate of drug-likeness (QED) is 0.173. The molecule has 3 aromatic carbocycles. The highest BCUT2D eigenvalue weighted by molar-refractivity contribution is 6.35. The molecule has 182 valence electrons. The van der Waals surface area contributed by atoms with Crippen molar-refractivity contribution in [2.24, 2.45) is 5.10 Å². The van der Waals surface area contributed by atoms with E-state index in [1.54, 1.807) is 54.6 Å². The maximum Gasteiger partial charge on any atom is 0.343 e. The summed E-state index contributed by atoms with van der Waals surface area (Å²) in [5.74, 6) is 0.523. The zero-order valence-corrected chi connectivity index (χ0v) is 20.4. The van der Waals surface area contributed by atoms with Gasteiger partial charge in [-0.05, 0) is 73.2 Å². The van der Waals surface area contributed by atoms with Gasteiger partial charge in [0.25, 0.3) is 5.91 Å². The molecule has 0 unspecified atom stereocenters. The number of esters is 1. The molecular weight excluding hydrogens is 495 g/mol. The highest BCUT2D eigenvalue weighted by atomic mass is 35.5. The molecule has 0 atom stereocenters. The van der Waals surface area contributed by atoms with Crippen LogP contribution in [0.15, 0.2) is 65.8 Å². The third kappa shape index (κ3) is 7.63. The minimum atomic E-state index is -0.541. The van der Waals surface area contributed by atoms with E-state index in [4.69, 9.17) is 42.1 Å². The van der Waals surface area contributed by atoms with Gasteiger partial charge < -0.3 is 18.9 Å². The topological polar surface area (TPSA) is 95.5 Å². The normalized spacial score (nSPS) is 10.6. The Morgan fingerprint density at radius 2 is 1.69 bits per heavy atom. The average molecular weight is 517 g/mol. The van der Waals surface area contributed by atoms with E-state index in [0.717, 1.165) is 0 Å². The summed E-state index contributed by atoms with van der Waals surface area (Å²) in [5.41, 5.74) is 3.32. The molecule has 10 heteroatoms. The van der Waals surface area contributed by atoms with Crippen molar-refractivity contribution in [1.29, 1.82) is 0 Å². The molecule has 0 saturated heterocycles. The average Bonchev–Trinajstić information content (AvgIpc) is 2.85. The molecule has 0 spiro atoms. The van der Waals surface area contributed by atoms with Crippen molar-refractivity contribution in [3.05, 3.63) is 81.8 Å². The monoisotopic (exact) mass is 516 g/mol. The van der Waals surface area contributed by atoms with Crippen LogP contribution in [0.1, 0.15) is 22.8 Å². The van der Waals surface area contributed by atoms with E-state index < -0.39 is 11.9 Å². The van der Waals surface area contributed by atoms with Crippen LogP contribution in [0, 0.1) is 0 Å². The summed E-state index contributed by atoms with van der Waals surface area (Å²) >= 11 is 11.8. The molecule has 0 aliphatic rings. The largest absolute Gasteiger partial charge is 0.494 e. The Balaban J connectivity index is 1.56.